The summed E-state index contributed by atoms with van der Waals surface area (Å²) in [4.78, 5) is 13.3. The van der Waals surface area contributed by atoms with Gasteiger partial charge in [-0.2, -0.15) is 15.5 Å². The largest absolute Gasteiger partial charge is 0.435 e. The Morgan fingerprint density at radius 1 is 1.24 bits per heavy atom. The third kappa shape index (κ3) is 3.33. The van der Waals surface area contributed by atoms with Crippen LogP contribution in [0.25, 0.3) is 0 Å². The summed E-state index contributed by atoms with van der Waals surface area (Å²) in [6, 6.07) is 7.33. The van der Waals surface area contributed by atoms with Crippen molar-refractivity contribution in [3.63, 3.8) is 0 Å². The lowest BCUT2D eigenvalue weighted by atomic mass is 10.4. The van der Waals surface area contributed by atoms with Crippen LogP contribution in [-0.2, 0) is 0 Å². The van der Waals surface area contributed by atoms with Crippen molar-refractivity contribution in [2.75, 3.05) is 23.7 Å². The van der Waals surface area contributed by atoms with Crippen molar-refractivity contribution in [2.24, 2.45) is 0 Å². The Kier molecular flexibility index (Phi) is 4.46. The number of rotatable bonds is 5. The molecule has 0 aliphatic rings. The van der Waals surface area contributed by atoms with Crippen LogP contribution in [0.2, 0.25) is 0 Å². The van der Waals surface area contributed by atoms with Gasteiger partial charge in [0.1, 0.15) is 30.9 Å². The number of nitrogens with two attached hydrogens (primary N) is 1. The Balaban J connectivity index is 2.31. The molecule has 0 fully saturated rings. The number of nitrogens with zero attached hydrogens (tertiary/aromatic N) is 6. The molecule has 0 aliphatic carbocycles. The van der Waals surface area contributed by atoms with Crippen LogP contribution in [-0.4, -0.2) is 28.0 Å². The molecule has 0 spiro atoms. The van der Waals surface area contributed by atoms with E-state index in [0.29, 0.717) is 5.75 Å². The van der Waals surface area contributed by atoms with Gasteiger partial charge in [-0.25, -0.2) is 4.98 Å². The third-order valence-corrected chi connectivity index (χ3v) is 2.50. The smallest absolute Gasteiger partial charge is 0.248 e. The summed E-state index contributed by atoms with van der Waals surface area (Å²) in [5, 5.41) is 17.6. The second-order valence-electron chi connectivity index (χ2n) is 3.88. The fourth-order valence-electron chi connectivity index (χ4n) is 1.60. The van der Waals surface area contributed by atoms with E-state index in [1.807, 2.05) is 12.1 Å². The molecule has 21 heavy (non-hydrogen) atoms. The zero-order valence-corrected chi connectivity index (χ0v) is 11.0. The van der Waals surface area contributed by atoms with Crippen molar-refractivity contribution >= 4 is 11.5 Å². The lowest BCUT2D eigenvalue weighted by Crippen LogP contribution is -2.26. The fourth-order valence-corrected chi connectivity index (χ4v) is 1.60. The highest BCUT2D eigenvalue weighted by molar-refractivity contribution is 5.68. The number of ether oxygens (including phenoxy) is 1. The van der Waals surface area contributed by atoms with E-state index in [2.05, 4.69) is 15.0 Å². The molecule has 2 rings (SSSR count). The average Bonchev–Trinajstić information content (AvgIpc) is 2.50. The van der Waals surface area contributed by atoms with Crippen molar-refractivity contribution < 1.29 is 4.74 Å². The molecular formula is C13H11N7O. The molecule has 0 aliphatic heterocycles. The van der Waals surface area contributed by atoms with Gasteiger partial charge in [0.15, 0.2) is 5.82 Å². The predicted molar refractivity (Wildman–Crippen MR) is 74.2 cm³/mol. The molecule has 104 valence electrons. The van der Waals surface area contributed by atoms with Gasteiger partial charge in [-0.3, -0.25) is 4.98 Å². The van der Waals surface area contributed by atoms with Gasteiger partial charge in [0, 0.05) is 6.20 Å². The molecule has 0 bridgehead atoms. The molecule has 2 aromatic rings. The number of hydrogen-bond acceptors (Lipinski definition) is 8. The van der Waals surface area contributed by atoms with Crippen molar-refractivity contribution in [1.29, 1.82) is 10.5 Å². The molecule has 0 aromatic carbocycles. The molecule has 8 heteroatoms. The monoisotopic (exact) mass is 281 g/mol. The van der Waals surface area contributed by atoms with Crippen LogP contribution in [0.1, 0.15) is 0 Å². The van der Waals surface area contributed by atoms with E-state index in [9.17, 15) is 0 Å². The van der Waals surface area contributed by atoms with E-state index in [4.69, 9.17) is 21.0 Å². The lowest BCUT2D eigenvalue weighted by Gasteiger charge is -2.19. The van der Waals surface area contributed by atoms with Crippen LogP contribution in [0.3, 0.4) is 0 Å². The zero-order valence-electron chi connectivity index (χ0n) is 11.0. The molecule has 0 saturated carbocycles. The number of pyridine rings is 1. The normalized spacial score (nSPS) is 9.43. The van der Waals surface area contributed by atoms with Gasteiger partial charge in [-0.1, -0.05) is 0 Å². The standard InChI is InChI=1S/C13H11N7O/c14-3-6-20(7-4-15)12-11(16)13(19-9-18-12)21-10-2-1-5-17-8-10/h1-2,5,8-9H,6-7,16H2. The summed E-state index contributed by atoms with van der Waals surface area (Å²) in [5.74, 6) is 0.904. The Morgan fingerprint density at radius 2 is 2.00 bits per heavy atom. The molecule has 0 atom stereocenters. The first-order valence-corrected chi connectivity index (χ1v) is 5.93. The van der Waals surface area contributed by atoms with Crippen molar-refractivity contribution in [2.45, 2.75) is 0 Å². The molecule has 0 saturated heterocycles. The van der Waals surface area contributed by atoms with Crippen LogP contribution in [0.15, 0.2) is 30.9 Å². The first-order chi connectivity index (χ1) is 10.3. The highest BCUT2D eigenvalue weighted by Gasteiger charge is 2.16. The predicted octanol–water partition coefficient (Wildman–Crippen LogP) is 1.10. The van der Waals surface area contributed by atoms with Crippen LogP contribution < -0.4 is 15.4 Å². The van der Waals surface area contributed by atoms with E-state index >= 15 is 0 Å². The van der Waals surface area contributed by atoms with E-state index in [-0.39, 0.29) is 30.5 Å². The second kappa shape index (κ2) is 6.68. The van der Waals surface area contributed by atoms with Gasteiger partial charge >= 0.3 is 0 Å². The maximum absolute atomic E-state index is 8.80. The Labute approximate surface area is 121 Å². The van der Waals surface area contributed by atoms with Crippen molar-refractivity contribution in [3.05, 3.63) is 30.9 Å². The molecule has 2 heterocycles. The molecule has 0 radical (unpaired) electrons. The first-order valence-electron chi connectivity index (χ1n) is 5.93. The minimum absolute atomic E-state index is 0.0128. The van der Waals surface area contributed by atoms with E-state index in [0.717, 1.165) is 0 Å². The number of anilines is 2. The maximum Gasteiger partial charge on any atom is 0.248 e. The second-order valence-corrected chi connectivity index (χ2v) is 3.88. The van der Waals surface area contributed by atoms with E-state index in [1.165, 1.54) is 17.4 Å². The summed E-state index contributed by atoms with van der Waals surface area (Å²) >= 11 is 0. The topological polar surface area (TPSA) is 125 Å². The van der Waals surface area contributed by atoms with Gasteiger partial charge in [0.05, 0.1) is 18.3 Å². The van der Waals surface area contributed by atoms with Crippen molar-refractivity contribution in [3.8, 4) is 23.8 Å². The van der Waals surface area contributed by atoms with Crippen LogP contribution in [0.5, 0.6) is 11.6 Å². The highest BCUT2D eigenvalue weighted by atomic mass is 16.5. The maximum atomic E-state index is 8.80. The Morgan fingerprint density at radius 3 is 2.62 bits per heavy atom. The zero-order chi connectivity index (χ0) is 15.1. The number of hydrogen-bond donors (Lipinski definition) is 1. The van der Waals surface area contributed by atoms with Gasteiger partial charge in [-0.05, 0) is 12.1 Å². The molecule has 0 unspecified atom stereocenters. The number of nitrogen functional groups attached to an aromatic ring is 1. The molecule has 2 N–H and O–H groups in total. The third-order valence-electron chi connectivity index (χ3n) is 2.50. The molecular weight excluding hydrogens is 270 g/mol. The first kappa shape index (κ1) is 14.0. The van der Waals surface area contributed by atoms with Gasteiger partial charge in [0.25, 0.3) is 0 Å². The van der Waals surface area contributed by atoms with E-state index in [1.54, 1.807) is 18.3 Å². The summed E-state index contributed by atoms with van der Waals surface area (Å²) in [5.41, 5.74) is 6.12. The Bertz CT molecular complexity index is 674. The number of aromatic nitrogens is 3. The van der Waals surface area contributed by atoms with Gasteiger partial charge < -0.3 is 15.4 Å². The summed E-state index contributed by atoms with van der Waals surface area (Å²) in [6.07, 6.45) is 4.39. The summed E-state index contributed by atoms with van der Waals surface area (Å²) < 4.78 is 5.53. The van der Waals surface area contributed by atoms with Gasteiger partial charge in [0.2, 0.25) is 5.88 Å². The number of nitriles is 2. The van der Waals surface area contributed by atoms with Crippen molar-refractivity contribution in [1.82, 2.24) is 15.0 Å². The SMILES string of the molecule is N#CCN(CC#N)c1ncnc(Oc2cccnc2)c1N. The van der Waals surface area contributed by atoms with E-state index < -0.39 is 0 Å². The molecule has 8 nitrogen and oxygen atoms in total. The highest BCUT2D eigenvalue weighted by Crippen LogP contribution is 2.30. The lowest BCUT2D eigenvalue weighted by molar-refractivity contribution is 0.462. The summed E-state index contributed by atoms with van der Waals surface area (Å²) in [7, 11) is 0. The van der Waals surface area contributed by atoms with Crippen LogP contribution in [0, 0.1) is 22.7 Å². The van der Waals surface area contributed by atoms with Gasteiger partial charge in [-0.15, -0.1) is 0 Å². The quantitative estimate of drug-likeness (QED) is 0.807. The van der Waals surface area contributed by atoms with Crippen LogP contribution >= 0.6 is 0 Å². The average molecular weight is 281 g/mol. The molecule has 0 amide bonds. The minimum atomic E-state index is -0.0128. The Hall–Kier alpha value is -3.39. The van der Waals surface area contributed by atoms with Crippen LogP contribution in [0.4, 0.5) is 11.5 Å². The summed E-state index contributed by atoms with van der Waals surface area (Å²) in [6.45, 7) is -0.0256. The fraction of sp³-hybridized carbons (Fsp3) is 0.154. The molecule has 2 aromatic heterocycles. The minimum Gasteiger partial charge on any atom is -0.435 e.